The zero-order valence-electron chi connectivity index (χ0n) is 11.6. The van der Waals surface area contributed by atoms with Crippen LogP contribution in [0.25, 0.3) is 11.5 Å². The second kappa shape index (κ2) is 5.72. The summed E-state index contributed by atoms with van der Waals surface area (Å²) in [7, 11) is 0. The maximum atomic E-state index is 11.3. The van der Waals surface area contributed by atoms with Gasteiger partial charge in [-0.3, -0.25) is 10.1 Å². The number of carboxylic acids is 1. The van der Waals surface area contributed by atoms with E-state index in [2.05, 4.69) is 10.3 Å². The Morgan fingerprint density at radius 1 is 1.30 bits per heavy atom. The number of benzene rings is 1. The van der Waals surface area contributed by atoms with Crippen LogP contribution in [-0.2, 0) is 6.54 Å². The average Bonchev–Trinajstić information content (AvgIpc) is 3.16. The first-order chi connectivity index (χ1) is 11.1. The van der Waals surface area contributed by atoms with Crippen LogP contribution in [-0.4, -0.2) is 31.0 Å². The Hall–Kier alpha value is -3.49. The highest BCUT2D eigenvalue weighted by atomic mass is 16.6. The first kappa shape index (κ1) is 14.4. The Kier molecular flexibility index (Phi) is 3.59. The largest absolute Gasteiger partial charge is 0.476 e. The lowest BCUT2D eigenvalue weighted by Gasteiger charge is -2.05. The Morgan fingerprint density at radius 3 is 2.61 bits per heavy atom. The van der Waals surface area contributed by atoms with E-state index in [0.29, 0.717) is 11.3 Å². The molecule has 2 heterocycles. The molecule has 0 spiro atoms. The lowest BCUT2D eigenvalue weighted by molar-refractivity contribution is -0.384. The van der Waals surface area contributed by atoms with Gasteiger partial charge < -0.3 is 9.52 Å². The monoisotopic (exact) mass is 314 g/mol. The SMILES string of the molecule is O=C(O)c1nnn(Cc2ccc([N+](=O)[O-])cc2)c1-c1ccco1. The van der Waals surface area contributed by atoms with E-state index in [4.69, 9.17) is 4.42 Å². The number of aromatic nitrogens is 3. The molecule has 1 aromatic carbocycles. The van der Waals surface area contributed by atoms with Crippen molar-refractivity contribution in [2.24, 2.45) is 0 Å². The van der Waals surface area contributed by atoms with Crippen molar-refractivity contribution in [3.63, 3.8) is 0 Å². The summed E-state index contributed by atoms with van der Waals surface area (Å²) in [5, 5.41) is 27.4. The fraction of sp³-hybridized carbons (Fsp3) is 0.0714. The highest BCUT2D eigenvalue weighted by molar-refractivity contribution is 5.91. The van der Waals surface area contributed by atoms with Crippen LogP contribution in [0, 0.1) is 10.1 Å². The van der Waals surface area contributed by atoms with Crippen LogP contribution in [0.15, 0.2) is 47.1 Å². The minimum atomic E-state index is -1.22. The highest BCUT2D eigenvalue weighted by Gasteiger charge is 2.22. The molecule has 0 aliphatic rings. The predicted octanol–water partition coefficient (Wildman–Crippen LogP) is 2.19. The average molecular weight is 314 g/mol. The molecule has 0 saturated heterocycles. The minimum absolute atomic E-state index is 0.0233. The van der Waals surface area contributed by atoms with Crippen molar-refractivity contribution in [3.05, 3.63) is 64.0 Å². The van der Waals surface area contributed by atoms with E-state index < -0.39 is 10.9 Å². The summed E-state index contributed by atoms with van der Waals surface area (Å²) in [4.78, 5) is 21.4. The number of aromatic carboxylic acids is 1. The van der Waals surface area contributed by atoms with Crippen molar-refractivity contribution in [1.82, 2.24) is 15.0 Å². The number of hydrogen-bond acceptors (Lipinski definition) is 6. The third-order valence-electron chi connectivity index (χ3n) is 3.17. The van der Waals surface area contributed by atoms with Gasteiger partial charge in [-0.15, -0.1) is 5.10 Å². The molecule has 0 aliphatic heterocycles. The quantitative estimate of drug-likeness (QED) is 0.565. The third-order valence-corrected chi connectivity index (χ3v) is 3.17. The topological polar surface area (TPSA) is 124 Å². The summed E-state index contributed by atoms with van der Waals surface area (Å²) < 4.78 is 6.62. The molecule has 2 aromatic heterocycles. The third kappa shape index (κ3) is 2.79. The van der Waals surface area contributed by atoms with Gasteiger partial charge in [0.15, 0.2) is 5.76 Å². The maximum absolute atomic E-state index is 11.3. The standard InChI is InChI=1S/C14H10N4O5/c19-14(20)12-13(11-2-1-7-23-11)17(16-15-12)8-9-3-5-10(6-4-9)18(21)22/h1-7H,8H2,(H,19,20). The number of nitrogens with zero attached hydrogens (tertiary/aromatic N) is 4. The lowest BCUT2D eigenvalue weighted by Crippen LogP contribution is -2.06. The molecule has 9 heteroatoms. The number of furan rings is 1. The Bertz CT molecular complexity index is 852. The molecule has 1 N–H and O–H groups in total. The maximum Gasteiger partial charge on any atom is 0.358 e. The number of nitro benzene ring substituents is 1. The second-order valence-corrected chi connectivity index (χ2v) is 4.65. The number of hydrogen-bond donors (Lipinski definition) is 1. The van der Waals surface area contributed by atoms with Gasteiger partial charge in [0.05, 0.1) is 17.7 Å². The molecule has 0 atom stereocenters. The Balaban J connectivity index is 1.97. The van der Waals surface area contributed by atoms with Crippen molar-refractivity contribution in [2.45, 2.75) is 6.54 Å². The van der Waals surface area contributed by atoms with Crippen molar-refractivity contribution in [2.75, 3.05) is 0 Å². The molecule has 23 heavy (non-hydrogen) atoms. The Labute approximate surface area is 128 Å². The van der Waals surface area contributed by atoms with E-state index in [1.165, 1.54) is 23.1 Å². The van der Waals surface area contributed by atoms with E-state index in [1.54, 1.807) is 24.3 Å². The van der Waals surface area contributed by atoms with E-state index in [0.717, 1.165) is 0 Å². The minimum Gasteiger partial charge on any atom is -0.476 e. The molecule has 0 saturated carbocycles. The number of nitro groups is 1. The summed E-state index contributed by atoms with van der Waals surface area (Å²) in [5.41, 5.74) is 0.706. The summed E-state index contributed by atoms with van der Waals surface area (Å²) in [6.45, 7) is 0.203. The Morgan fingerprint density at radius 2 is 2.04 bits per heavy atom. The summed E-state index contributed by atoms with van der Waals surface area (Å²) in [6.07, 6.45) is 1.42. The van der Waals surface area contributed by atoms with Crippen molar-refractivity contribution < 1.29 is 19.2 Å². The molecule has 0 unspecified atom stereocenters. The normalized spacial score (nSPS) is 10.6. The summed E-state index contributed by atoms with van der Waals surface area (Å²) in [5.74, 6) is -0.888. The second-order valence-electron chi connectivity index (χ2n) is 4.65. The number of rotatable bonds is 5. The van der Waals surface area contributed by atoms with Crippen LogP contribution < -0.4 is 0 Å². The van der Waals surface area contributed by atoms with Gasteiger partial charge in [0.2, 0.25) is 5.69 Å². The molecule has 0 radical (unpaired) electrons. The predicted molar refractivity (Wildman–Crippen MR) is 76.9 cm³/mol. The number of carboxylic acid groups (broad SMARTS) is 1. The van der Waals surface area contributed by atoms with E-state index in [9.17, 15) is 20.0 Å². The first-order valence-corrected chi connectivity index (χ1v) is 6.50. The van der Waals surface area contributed by atoms with Crippen molar-refractivity contribution >= 4 is 11.7 Å². The molecule has 0 aliphatic carbocycles. The van der Waals surface area contributed by atoms with Gasteiger partial charge in [0, 0.05) is 12.1 Å². The highest BCUT2D eigenvalue weighted by Crippen LogP contribution is 2.24. The van der Waals surface area contributed by atoms with Gasteiger partial charge in [0.25, 0.3) is 5.69 Å². The fourth-order valence-electron chi connectivity index (χ4n) is 2.12. The summed E-state index contributed by atoms with van der Waals surface area (Å²) >= 11 is 0. The molecule has 0 fully saturated rings. The molecule has 3 rings (SSSR count). The van der Waals surface area contributed by atoms with E-state index >= 15 is 0 Å². The van der Waals surface area contributed by atoms with E-state index in [-0.39, 0.29) is 23.6 Å². The zero-order valence-corrected chi connectivity index (χ0v) is 11.6. The first-order valence-electron chi connectivity index (χ1n) is 6.50. The van der Waals surface area contributed by atoms with Crippen LogP contribution in [0.2, 0.25) is 0 Å². The number of carbonyl (C=O) groups is 1. The van der Waals surface area contributed by atoms with Gasteiger partial charge >= 0.3 is 5.97 Å². The van der Waals surface area contributed by atoms with Gasteiger partial charge in [0.1, 0.15) is 5.69 Å². The van der Waals surface area contributed by atoms with Crippen molar-refractivity contribution in [1.29, 1.82) is 0 Å². The smallest absolute Gasteiger partial charge is 0.358 e. The van der Waals surface area contributed by atoms with Gasteiger partial charge in [-0.25, -0.2) is 9.48 Å². The van der Waals surface area contributed by atoms with Crippen LogP contribution in [0.5, 0.6) is 0 Å². The molecular weight excluding hydrogens is 304 g/mol. The number of non-ortho nitro benzene ring substituents is 1. The zero-order chi connectivity index (χ0) is 16.4. The molecule has 0 amide bonds. The van der Waals surface area contributed by atoms with Gasteiger partial charge in [-0.05, 0) is 17.7 Å². The molecule has 0 bridgehead atoms. The molecule has 116 valence electrons. The van der Waals surface area contributed by atoms with Crippen LogP contribution in [0.3, 0.4) is 0 Å². The van der Waals surface area contributed by atoms with Gasteiger partial charge in [-0.1, -0.05) is 17.3 Å². The van der Waals surface area contributed by atoms with Gasteiger partial charge in [-0.2, -0.15) is 0 Å². The molecule has 9 nitrogen and oxygen atoms in total. The van der Waals surface area contributed by atoms with Crippen molar-refractivity contribution in [3.8, 4) is 11.5 Å². The molecular formula is C14H10N4O5. The summed E-state index contributed by atoms with van der Waals surface area (Å²) in [6, 6.07) is 9.13. The fourth-order valence-corrected chi connectivity index (χ4v) is 2.12. The lowest BCUT2D eigenvalue weighted by atomic mass is 10.2. The van der Waals surface area contributed by atoms with Crippen LogP contribution in [0.4, 0.5) is 5.69 Å². The van der Waals surface area contributed by atoms with E-state index in [1.807, 2.05) is 0 Å². The van der Waals surface area contributed by atoms with Crippen LogP contribution in [0.1, 0.15) is 16.1 Å². The van der Waals surface area contributed by atoms with Crippen LogP contribution >= 0.6 is 0 Å². The molecule has 3 aromatic rings.